The number of hydrogen-bond donors (Lipinski definition) is 2. The molecule has 0 atom stereocenters. The topological polar surface area (TPSA) is 67.1 Å². The molecule has 0 radical (unpaired) electrons. The number of nitrogens with zero attached hydrogens (tertiary/aromatic N) is 4. The van der Waals surface area contributed by atoms with Gasteiger partial charge in [-0.1, -0.05) is 42.5 Å². The van der Waals surface area contributed by atoms with Gasteiger partial charge < -0.3 is 15.2 Å². The van der Waals surface area contributed by atoms with Gasteiger partial charge in [-0.25, -0.2) is 9.38 Å². The van der Waals surface area contributed by atoms with Crippen molar-refractivity contribution in [2.75, 3.05) is 6.54 Å². The second-order valence-electron chi connectivity index (χ2n) is 6.53. The predicted octanol–water partition coefficient (Wildman–Crippen LogP) is 3.36. The van der Waals surface area contributed by atoms with E-state index in [1.807, 2.05) is 48.9 Å². The van der Waals surface area contributed by atoms with Crippen molar-refractivity contribution in [2.45, 2.75) is 26.4 Å². The Labute approximate surface area is 187 Å². The summed E-state index contributed by atoms with van der Waals surface area (Å²) < 4.78 is 15.0. The Hall–Kier alpha value is -2.49. The van der Waals surface area contributed by atoms with Gasteiger partial charge in [0, 0.05) is 13.6 Å². The molecule has 1 heterocycles. The monoisotopic (exact) mass is 508 g/mol. The number of rotatable bonds is 7. The number of aromatic nitrogens is 3. The standard InChI is InChI=1S/C21H25FN6.HI/c1-16-26-27-20(28(16)2)15-25-21(24-14-18-6-4-3-5-7-18)23-13-12-17-8-10-19(22)11-9-17;/h3-11H,12-15H2,1-2H3,(H2,23,24,25);1H. The number of nitrogens with one attached hydrogen (secondary N) is 2. The average molecular weight is 508 g/mol. The first-order valence-corrected chi connectivity index (χ1v) is 9.27. The summed E-state index contributed by atoms with van der Waals surface area (Å²) in [6, 6.07) is 16.6. The smallest absolute Gasteiger partial charge is 0.191 e. The molecule has 3 aromatic rings. The van der Waals surface area contributed by atoms with Crippen molar-refractivity contribution in [3.63, 3.8) is 0 Å². The second kappa shape index (κ2) is 11.5. The molecule has 0 aliphatic rings. The van der Waals surface area contributed by atoms with Crippen molar-refractivity contribution in [3.05, 3.63) is 83.2 Å². The molecule has 0 spiro atoms. The number of halogens is 2. The van der Waals surface area contributed by atoms with Crippen molar-refractivity contribution in [1.82, 2.24) is 25.4 Å². The highest BCUT2D eigenvalue weighted by molar-refractivity contribution is 14.0. The van der Waals surface area contributed by atoms with Crippen LogP contribution < -0.4 is 10.6 Å². The summed E-state index contributed by atoms with van der Waals surface area (Å²) in [7, 11) is 1.94. The van der Waals surface area contributed by atoms with Gasteiger partial charge in [0.05, 0.1) is 13.1 Å². The van der Waals surface area contributed by atoms with Crippen molar-refractivity contribution < 1.29 is 4.39 Å². The summed E-state index contributed by atoms with van der Waals surface area (Å²) in [5.41, 5.74) is 2.21. The summed E-state index contributed by atoms with van der Waals surface area (Å²) in [4.78, 5) is 4.67. The van der Waals surface area contributed by atoms with Gasteiger partial charge in [0.2, 0.25) is 0 Å². The lowest BCUT2D eigenvalue weighted by molar-refractivity contribution is 0.626. The van der Waals surface area contributed by atoms with Gasteiger partial charge in [-0.15, -0.1) is 34.2 Å². The Morgan fingerprint density at radius 1 is 1.00 bits per heavy atom. The Kier molecular flexibility index (Phi) is 9.04. The maximum absolute atomic E-state index is 13.0. The lowest BCUT2D eigenvalue weighted by Crippen LogP contribution is -2.38. The third kappa shape index (κ3) is 7.12. The highest BCUT2D eigenvalue weighted by Gasteiger charge is 2.06. The minimum Gasteiger partial charge on any atom is -0.356 e. The molecule has 0 aliphatic carbocycles. The summed E-state index contributed by atoms with van der Waals surface area (Å²) >= 11 is 0. The number of aliphatic imine (C=N–C) groups is 1. The van der Waals surface area contributed by atoms with E-state index in [4.69, 9.17) is 0 Å². The Morgan fingerprint density at radius 2 is 1.72 bits per heavy atom. The van der Waals surface area contributed by atoms with E-state index in [1.54, 1.807) is 12.1 Å². The Morgan fingerprint density at radius 3 is 2.38 bits per heavy atom. The molecule has 0 saturated carbocycles. The van der Waals surface area contributed by atoms with E-state index in [0.717, 1.165) is 29.2 Å². The highest BCUT2D eigenvalue weighted by atomic mass is 127. The molecule has 0 bridgehead atoms. The van der Waals surface area contributed by atoms with Crippen molar-refractivity contribution in [3.8, 4) is 0 Å². The molecule has 6 nitrogen and oxygen atoms in total. The van der Waals surface area contributed by atoms with Gasteiger partial charge in [0.25, 0.3) is 0 Å². The number of hydrogen-bond acceptors (Lipinski definition) is 3. The van der Waals surface area contributed by atoms with Crippen LogP contribution in [0.15, 0.2) is 59.6 Å². The van der Waals surface area contributed by atoms with Crippen LogP contribution in [0.2, 0.25) is 0 Å². The molecular weight excluding hydrogens is 482 g/mol. The number of aryl methyl sites for hydroxylation is 1. The molecular formula is C21H26FIN6. The molecule has 2 N–H and O–H groups in total. The third-order valence-electron chi connectivity index (χ3n) is 4.48. The van der Waals surface area contributed by atoms with E-state index in [0.29, 0.717) is 25.6 Å². The largest absolute Gasteiger partial charge is 0.356 e. The molecule has 0 saturated heterocycles. The SMILES string of the molecule is Cc1nnc(CNC(=NCc2ccccc2)NCCc2ccc(F)cc2)n1C.I. The number of benzene rings is 2. The summed E-state index contributed by atoms with van der Waals surface area (Å²) in [5.74, 6) is 2.18. The van der Waals surface area contributed by atoms with E-state index >= 15 is 0 Å². The molecule has 29 heavy (non-hydrogen) atoms. The van der Waals surface area contributed by atoms with E-state index in [-0.39, 0.29) is 29.8 Å². The predicted molar refractivity (Wildman–Crippen MR) is 124 cm³/mol. The van der Waals surface area contributed by atoms with Crippen LogP contribution in [-0.4, -0.2) is 27.3 Å². The van der Waals surface area contributed by atoms with Gasteiger partial charge >= 0.3 is 0 Å². The van der Waals surface area contributed by atoms with E-state index < -0.39 is 0 Å². The van der Waals surface area contributed by atoms with Crippen LogP contribution >= 0.6 is 24.0 Å². The van der Waals surface area contributed by atoms with Crippen LogP contribution in [0.4, 0.5) is 4.39 Å². The molecule has 154 valence electrons. The van der Waals surface area contributed by atoms with E-state index in [1.165, 1.54) is 12.1 Å². The summed E-state index contributed by atoms with van der Waals surface area (Å²) in [6.45, 7) is 3.70. The maximum Gasteiger partial charge on any atom is 0.191 e. The third-order valence-corrected chi connectivity index (χ3v) is 4.48. The maximum atomic E-state index is 13.0. The van der Waals surface area contributed by atoms with Crippen LogP contribution in [0.3, 0.4) is 0 Å². The lowest BCUT2D eigenvalue weighted by Gasteiger charge is -2.13. The molecule has 0 unspecified atom stereocenters. The first-order valence-electron chi connectivity index (χ1n) is 9.27. The van der Waals surface area contributed by atoms with Crippen LogP contribution in [-0.2, 0) is 26.6 Å². The minimum atomic E-state index is -0.220. The molecule has 2 aromatic carbocycles. The lowest BCUT2D eigenvalue weighted by atomic mass is 10.1. The van der Waals surface area contributed by atoms with Gasteiger partial charge in [-0.05, 0) is 36.6 Å². The van der Waals surface area contributed by atoms with Gasteiger partial charge in [-0.3, -0.25) is 0 Å². The number of guanidine groups is 1. The Balaban J connectivity index is 0.00000300. The van der Waals surface area contributed by atoms with Crippen molar-refractivity contribution in [2.24, 2.45) is 12.0 Å². The molecule has 0 amide bonds. The quantitative estimate of drug-likeness (QED) is 0.292. The fourth-order valence-corrected chi connectivity index (χ4v) is 2.67. The second-order valence-corrected chi connectivity index (χ2v) is 6.53. The fourth-order valence-electron chi connectivity index (χ4n) is 2.67. The van der Waals surface area contributed by atoms with Crippen LogP contribution in [0.5, 0.6) is 0 Å². The van der Waals surface area contributed by atoms with Crippen LogP contribution in [0.25, 0.3) is 0 Å². The first kappa shape index (κ1) is 22.8. The van der Waals surface area contributed by atoms with Crippen LogP contribution in [0, 0.1) is 12.7 Å². The Bertz CT molecular complexity index is 909. The van der Waals surface area contributed by atoms with E-state index in [2.05, 4.69) is 25.8 Å². The fraction of sp³-hybridized carbons (Fsp3) is 0.286. The summed E-state index contributed by atoms with van der Waals surface area (Å²) in [5, 5.41) is 14.9. The highest BCUT2D eigenvalue weighted by Crippen LogP contribution is 2.03. The first-order chi connectivity index (χ1) is 13.6. The molecule has 8 heteroatoms. The minimum absolute atomic E-state index is 0. The van der Waals surface area contributed by atoms with E-state index in [9.17, 15) is 4.39 Å². The van der Waals surface area contributed by atoms with Gasteiger partial charge in [0.15, 0.2) is 11.8 Å². The molecule has 0 fully saturated rings. The zero-order valence-corrected chi connectivity index (χ0v) is 18.9. The van der Waals surface area contributed by atoms with Crippen molar-refractivity contribution >= 4 is 29.9 Å². The average Bonchev–Trinajstić information content (AvgIpc) is 3.04. The van der Waals surface area contributed by atoms with Crippen LogP contribution in [0.1, 0.15) is 22.8 Å². The molecule has 3 rings (SSSR count). The summed E-state index contributed by atoms with van der Waals surface area (Å²) in [6.07, 6.45) is 0.773. The molecule has 1 aromatic heterocycles. The van der Waals surface area contributed by atoms with Gasteiger partial charge in [-0.2, -0.15) is 0 Å². The van der Waals surface area contributed by atoms with Gasteiger partial charge in [0.1, 0.15) is 11.6 Å². The zero-order valence-electron chi connectivity index (χ0n) is 16.6. The molecule has 0 aliphatic heterocycles. The zero-order chi connectivity index (χ0) is 19.8. The van der Waals surface area contributed by atoms with Crippen molar-refractivity contribution in [1.29, 1.82) is 0 Å². The normalized spacial score (nSPS) is 11.1.